The fourth-order valence-electron chi connectivity index (χ4n) is 3.27. The van der Waals surface area contributed by atoms with Gasteiger partial charge in [-0.25, -0.2) is 4.98 Å². The molecule has 1 atom stereocenters. The minimum Gasteiger partial charge on any atom is -0.335 e. The van der Waals surface area contributed by atoms with Gasteiger partial charge in [0, 0.05) is 25.5 Å². The molecule has 1 aliphatic heterocycles. The number of carbonyl (C=O) groups excluding carboxylic acids is 1. The molecule has 7 heteroatoms. The predicted molar refractivity (Wildman–Crippen MR) is 92.5 cm³/mol. The van der Waals surface area contributed by atoms with E-state index in [4.69, 9.17) is 0 Å². The third-order valence-electron chi connectivity index (χ3n) is 4.57. The number of amides is 1. The normalized spacial score (nSPS) is 17.6. The number of hydrogen-bond donors (Lipinski definition) is 0. The molecule has 1 unspecified atom stereocenters. The van der Waals surface area contributed by atoms with Gasteiger partial charge in [0.15, 0.2) is 5.69 Å². The van der Waals surface area contributed by atoms with Gasteiger partial charge in [-0.15, -0.1) is 5.10 Å². The Hall–Kier alpha value is -2.96. The zero-order valence-electron chi connectivity index (χ0n) is 14.1. The number of aryl methyl sites for hydroxylation is 1. The summed E-state index contributed by atoms with van der Waals surface area (Å²) in [5, 5.41) is 8.63. The van der Waals surface area contributed by atoms with Crippen molar-refractivity contribution in [2.24, 2.45) is 0 Å². The van der Waals surface area contributed by atoms with Crippen molar-refractivity contribution in [2.75, 3.05) is 13.1 Å². The SMILES string of the molecule is Cc1cccc(-n2ncc(C(=O)N3CCCC(n4ccnc4)C3)n2)c1. The third-order valence-corrected chi connectivity index (χ3v) is 4.57. The number of piperidine rings is 1. The van der Waals surface area contributed by atoms with E-state index in [1.807, 2.05) is 48.6 Å². The average molecular weight is 336 g/mol. The van der Waals surface area contributed by atoms with Gasteiger partial charge in [0.05, 0.1) is 24.3 Å². The van der Waals surface area contributed by atoms with Gasteiger partial charge in [-0.1, -0.05) is 12.1 Å². The highest BCUT2D eigenvalue weighted by molar-refractivity contribution is 5.92. The molecule has 0 bridgehead atoms. The van der Waals surface area contributed by atoms with E-state index in [0.717, 1.165) is 30.6 Å². The van der Waals surface area contributed by atoms with Crippen LogP contribution in [0.2, 0.25) is 0 Å². The van der Waals surface area contributed by atoms with E-state index in [-0.39, 0.29) is 11.9 Å². The van der Waals surface area contributed by atoms with Crippen molar-refractivity contribution in [1.82, 2.24) is 29.4 Å². The first-order valence-electron chi connectivity index (χ1n) is 8.47. The second-order valence-electron chi connectivity index (χ2n) is 6.42. The van der Waals surface area contributed by atoms with Gasteiger partial charge < -0.3 is 9.47 Å². The third kappa shape index (κ3) is 3.17. The molecule has 1 saturated heterocycles. The fourth-order valence-corrected chi connectivity index (χ4v) is 3.27. The van der Waals surface area contributed by atoms with Crippen molar-refractivity contribution < 1.29 is 4.79 Å². The lowest BCUT2D eigenvalue weighted by molar-refractivity contribution is 0.0673. The molecule has 0 N–H and O–H groups in total. The highest BCUT2D eigenvalue weighted by Gasteiger charge is 2.26. The van der Waals surface area contributed by atoms with Gasteiger partial charge in [-0.2, -0.15) is 9.90 Å². The van der Waals surface area contributed by atoms with E-state index in [1.54, 1.807) is 12.4 Å². The lowest BCUT2D eigenvalue weighted by Crippen LogP contribution is -2.40. The van der Waals surface area contributed by atoms with Crippen molar-refractivity contribution in [2.45, 2.75) is 25.8 Å². The van der Waals surface area contributed by atoms with Crippen LogP contribution in [0, 0.1) is 6.92 Å². The summed E-state index contributed by atoms with van der Waals surface area (Å²) in [6.07, 6.45) is 9.11. The molecule has 0 spiro atoms. The Bertz CT molecular complexity index is 869. The largest absolute Gasteiger partial charge is 0.335 e. The van der Waals surface area contributed by atoms with Crippen LogP contribution >= 0.6 is 0 Å². The minimum atomic E-state index is -0.0660. The summed E-state index contributed by atoms with van der Waals surface area (Å²) < 4.78 is 2.07. The molecule has 3 aromatic rings. The number of rotatable bonds is 3. The molecule has 0 saturated carbocycles. The van der Waals surface area contributed by atoms with Crippen molar-refractivity contribution >= 4 is 5.91 Å². The summed E-state index contributed by atoms with van der Waals surface area (Å²) in [5.41, 5.74) is 2.36. The average Bonchev–Trinajstić information content (AvgIpc) is 3.33. The Morgan fingerprint density at radius 3 is 3.04 bits per heavy atom. The van der Waals surface area contributed by atoms with Gasteiger partial charge in [0.1, 0.15) is 0 Å². The quantitative estimate of drug-likeness (QED) is 0.736. The minimum absolute atomic E-state index is 0.0660. The molecule has 0 aliphatic carbocycles. The van der Waals surface area contributed by atoms with Crippen LogP contribution in [0.1, 0.15) is 34.9 Å². The molecule has 25 heavy (non-hydrogen) atoms. The van der Waals surface area contributed by atoms with E-state index < -0.39 is 0 Å². The molecule has 4 rings (SSSR count). The molecule has 1 amide bonds. The first-order chi connectivity index (χ1) is 12.2. The number of nitrogens with zero attached hydrogens (tertiary/aromatic N) is 6. The Labute approximate surface area is 145 Å². The summed E-state index contributed by atoms with van der Waals surface area (Å²) in [6, 6.07) is 8.16. The number of likely N-dealkylation sites (tertiary alicyclic amines) is 1. The van der Waals surface area contributed by atoms with Crippen LogP contribution in [-0.2, 0) is 0 Å². The number of hydrogen-bond acceptors (Lipinski definition) is 4. The Balaban J connectivity index is 1.51. The Kier molecular flexibility index (Phi) is 4.05. The van der Waals surface area contributed by atoms with Crippen LogP contribution in [0.5, 0.6) is 0 Å². The Morgan fingerprint density at radius 1 is 1.32 bits per heavy atom. The number of aromatic nitrogens is 5. The molecule has 1 aromatic carbocycles. The van der Waals surface area contributed by atoms with Gasteiger partial charge in [-0.05, 0) is 37.5 Å². The smallest absolute Gasteiger partial charge is 0.276 e. The van der Waals surface area contributed by atoms with Gasteiger partial charge in [0.25, 0.3) is 5.91 Å². The molecule has 0 radical (unpaired) electrons. The molecule has 3 heterocycles. The molecule has 128 valence electrons. The summed E-state index contributed by atoms with van der Waals surface area (Å²) >= 11 is 0. The lowest BCUT2D eigenvalue weighted by Gasteiger charge is -2.32. The Morgan fingerprint density at radius 2 is 2.24 bits per heavy atom. The van der Waals surface area contributed by atoms with E-state index in [1.165, 1.54) is 4.80 Å². The van der Waals surface area contributed by atoms with E-state index in [2.05, 4.69) is 19.7 Å². The highest BCUT2D eigenvalue weighted by Crippen LogP contribution is 2.22. The molecule has 1 aliphatic rings. The predicted octanol–water partition coefficient (Wildman–Crippen LogP) is 2.25. The molecular weight excluding hydrogens is 316 g/mol. The second-order valence-corrected chi connectivity index (χ2v) is 6.42. The van der Waals surface area contributed by atoms with Crippen LogP contribution in [0.4, 0.5) is 0 Å². The van der Waals surface area contributed by atoms with Gasteiger partial charge >= 0.3 is 0 Å². The van der Waals surface area contributed by atoms with Gasteiger partial charge in [-0.3, -0.25) is 4.79 Å². The van der Waals surface area contributed by atoms with Crippen molar-refractivity contribution in [1.29, 1.82) is 0 Å². The first kappa shape index (κ1) is 15.6. The van der Waals surface area contributed by atoms with Crippen LogP contribution < -0.4 is 0 Å². The second kappa shape index (κ2) is 6.51. The number of carbonyl (C=O) groups is 1. The zero-order valence-corrected chi connectivity index (χ0v) is 14.1. The van der Waals surface area contributed by atoms with Crippen molar-refractivity contribution in [3.63, 3.8) is 0 Å². The summed E-state index contributed by atoms with van der Waals surface area (Å²) in [4.78, 5) is 20.3. The topological polar surface area (TPSA) is 68.8 Å². The summed E-state index contributed by atoms with van der Waals surface area (Å²) in [5.74, 6) is -0.0660. The standard InChI is InChI=1S/C18H20N6O/c1-14-4-2-5-15(10-14)24-20-11-17(21-24)18(25)22-8-3-6-16(12-22)23-9-7-19-13-23/h2,4-5,7,9-11,13,16H,3,6,8,12H2,1H3. The monoisotopic (exact) mass is 336 g/mol. The maximum Gasteiger partial charge on any atom is 0.276 e. The van der Waals surface area contributed by atoms with E-state index >= 15 is 0 Å². The van der Waals surface area contributed by atoms with E-state index in [9.17, 15) is 4.79 Å². The zero-order chi connectivity index (χ0) is 17.2. The maximum absolute atomic E-state index is 12.8. The molecule has 1 fully saturated rings. The van der Waals surface area contributed by atoms with Crippen LogP contribution in [-0.4, -0.2) is 48.4 Å². The summed E-state index contributed by atoms with van der Waals surface area (Å²) in [6.45, 7) is 3.44. The summed E-state index contributed by atoms with van der Waals surface area (Å²) in [7, 11) is 0. The van der Waals surface area contributed by atoms with Crippen LogP contribution in [0.15, 0.2) is 49.2 Å². The lowest BCUT2D eigenvalue weighted by atomic mass is 10.1. The molecule has 2 aromatic heterocycles. The number of imidazole rings is 1. The van der Waals surface area contributed by atoms with E-state index in [0.29, 0.717) is 12.2 Å². The first-order valence-corrected chi connectivity index (χ1v) is 8.47. The fraction of sp³-hybridized carbons (Fsp3) is 0.333. The van der Waals surface area contributed by atoms with Gasteiger partial charge in [0.2, 0.25) is 0 Å². The highest BCUT2D eigenvalue weighted by atomic mass is 16.2. The van der Waals surface area contributed by atoms with Crippen molar-refractivity contribution in [3.8, 4) is 5.69 Å². The molecular formula is C18H20N6O. The van der Waals surface area contributed by atoms with Crippen LogP contribution in [0.25, 0.3) is 5.69 Å². The maximum atomic E-state index is 12.8. The van der Waals surface area contributed by atoms with Crippen LogP contribution in [0.3, 0.4) is 0 Å². The molecule has 7 nitrogen and oxygen atoms in total. The van der Waals surface area contributed by atoms with Crippen molar-refractivity contribution in [3.05, 3.63) is 60.4 Å². The number of benzene rings is 1.